The third-order valence-electron chi connectivity index (χ3n) is 3.92. The minimum Gasteiger partial charge on any atom is -0.495 e. The van der Waals surface area contributed by atoms with E-state index in [1.807, 2.05) is 18.2 Å². The van der Waals surface area contributed by atoms with Gasteiger partial charge in [-0.25, -0.2) is 0 Å². The van der Waals surface area contributed by atoms with Crippen molar-refractivity contribution < 1.29 is 4.74 Å². The van der Waals surface area contributed by atoms with Crippen molar-refractivity contribution in [3.05, 3.63) is 29.3 Å². The summed E-state index contributed by atoms with van der Waals surface area (Å²) in [4.78, 5) is 0. The standard InChI is InChI=1S/C16H22N2O/c1-12-4-3-5-15(8-12)18-11-13-6-7-16(19-2)14(9-13)10-17/h6-7,9,12,15,18H,3-5,8,11H2,1-2H3. The second kappa shape index (κ2) is 6.58. The average Bonchev–Trinajstić information content (AvgIpc) is 2.45. The molecular weight excluding hydrogens is 236 g/mol. The normalized spacial score (nSPS) is 22.8. The Morgan fingerprint density at radius 2 is 2.26 bits per heavy atom. The highest BCUT2D eigenvalue weighted by Crippen LogP contribution is 2.24. The van der Waals surface area contributed by atoms with Crippen molar-refractivity contribution in [1.29, 1.82) is 5.26 Å². The molecule has 0 spiro atoms. The summed E-state index contributed by atoms with van der Waals surface area (Å²) in [6.45, 7) is 3.16. The van der Waals surface area contributed by atoms with Crippen LogP contribution in [0.25, 0.3) is 0 Å². The van der Waals surface area contributed by atoms with Crippen LogP contribution in [0.5, 0.6) is 5.75 Å². The van der Waals surface area contributed by atoms with Crippen LogP contribution < -0.4 is 10.1 Å². The van der Waals surface area contributed by atoms with Gasteiger partial charge < -0.3 is 10.1 Å². The van der Waals surface area contributed by atoms with Gasteiger partial charge in [-0.2, -0.15) is 5.26 Å². The summed E-state index contributed by atoms with van der Waals surface area (Å²) in [5.41, 5.74) is 1.76. The van der Waals surface area contributed by atoms with Crippen molar-refractivity contribution in [3.8, 4) is 11.8 Å². The average molecular weight is 258 g/mol. The number of nitriles is 1. The molecule has 0 aliphatic heterocycles. The number of hydrogen-bond acceptors (Lipinski definition) is 3. The Morgan fingerprint density at radius 3 is 2.95 bits per heavy atom. The van der Waals surface area contributed by atoms with Gasteiger partial charge in [-0.1, -0.05) is 25.8 Å². The zero-order valence-electron chi connectivity index (χ0n) is 11.8. The molecule has 0 aromatic heterocycles. The Morgan fingerprint density at radius 1 is 1.42 bits per heavy atom. The van der Waals surface area contributed by atoms with Crippen molar-refractivity contribution in [1.82, 2.24) is 5.32 Å². The zero-order valence-corrected chi connectivity index (χ0v) is 11.8. The first kappa shape index (κ1) is 13.9. The van der Waals surface area contributed by atoms with Crippen molar-refractivity contribution in [2.24, 2.45) is 5.92 Å². The highest BCUT2D eigenvalue weighted by molar-refractivity contribution is 5.45. The van der Waals surface area contributed by atoms with Crippen molar-refractivity contribution in [2.45, 2.75) is 45.2 Å². The van der Waals surface area contributed by atoms with Gasteiger partial charge >= 0.3 is 0 Å². The number of rotatable bonds is 4. The van der Waals surface area contributed by atoms with Gasteiger partial charge in [0.1, 0.15) is 11.8 Å². The summed E-state index contributed by atoms with van der Waals surface area (Å²) in [6, 6.07) is 8.62. The molecule has 2 unspecified atom stereocenters. The predicted octanol–water partition coefficient (Wildman–Crippen LogP) is 3.24. The smallest absolute Gasteiger partial charge is 0.136 e. The van der Waals surface area contributed by atoms with E-state index in [0.717, 1.165) is 18.0 Å². The fourth-order valence-electron chi connectivity index (χ4n) is 2.83. The first-order chi connectivity index (χ1) is 9.22. The van der Waals surface area contributed by atoms with E-state index in [1.165, 1.54) is 25.7 Å². The molecule has 0 amide bonds. The van der Waals surface area contributed by atoms with Crippen LogP contribution in [0.1, 0.15) is 43.7 Å². The van der Waals surface area contributed by atoms with Crippen LogP contribution in [-0.4, -0.2) is 13.2 Å². The topological polar surface area (TPSA) is 45.0 Å². The molecule has 1 aromatic carbocycles. The summed E-state index contributed by atoms with van der Waals surface area (Å²) < 4.78 is 5.16. The summed E-state index contributed by atoms with van der Waals surface area (Å²) in [7, 11) is 1.59. The molecule has 1 fully saturated rings. The van der Waals surface area contributed by atoms with Gasteiger partial charge in [0.05, 0.1) is 12.7 Å². The van der Waals surface area contributed by atoms with E-state index < -0.39 is 0 Å². The highest BCUT2D eigenvalue weighted by atomic mass is 16.5. The second-order valence-corrected chi connectivity index (χ2v) is 5.50. The Kier molecular flexibility index (Phi) is 4.81. The predicted molar refractivity (Wildman–Crippen MR) is 76.0 cm³/mol. The number of ether oxygens (including phenoxy) is 1. The molecule has 2 rings (SSSR count). The number of benzene rings is 1. The second-order valence-electron chi connectivity index (χ2n) is 5.50. The largest absolute Gasteiger partial charge is 0.495 e. The van der Waals surface area contributed by atoms with E-state index in [9.17, 15) is 0 Å². The van der Waals surface area contributed by atoms with Gasteiger partial charge in [-0.05, 0) is 36.5 Å². The zero-order chi connectivity index (χ0) is 13.7. The Bertz CT molecular complexity index is 464. The molecule has 0 bridgehead atoms. The molecular formula is C16H22N2O. The van der Waals surface area contributed by atoms with Crippen LogP contribution >= 0.6 is 0 Å². The molecule has 0 saturated heterocycles. The molecule has 0 radical (unpaired) electrons. The van der Waals surface area contributed by atoms with Gasteiger partial charge in [0, 0.05) is 12.6 Å². The summed E-state index contributed by atoms with van der Waals surface area (Å²) in [5.74, 6) is 1.48. The minimum atomic E-state index is 0.610. The van der Waals surface area contributed by atoms with Crippen LogP contribution in [0, 0.1) is 17.2 Å². The first-order valence-electron chi connectivity index (χ1n) is 7.03. The van der Waals surface area contributed by atoms with E-state index in [2.05, 4.69) is 18.3 Å². The highest BCUT2D eigenvalue weighted by Gasteiger charge is 2.18. The maximum Gasteiger partial charge on any atom is 0.136 e. The maximum absolute atomic E-state index is 9.08. The van der Waals surface area contributed by atoms with E-state index in [0.29, 0.717) is 17.4 Å². The van der Waals surface area contributed by atoms with E-state index in [4.69, 9.17) is 10.00 Å². The fraction of sp³-hybridized carbons (Fsp3) is 0.562. The summed E-state index contributed by atoms with van der Waals surface area (Å²) in [5, 5.41) is 12.7. The number of nitrogens with one attached hydrogen (secondary N) is 1. The number of nitrogens with zero attached hydrogens (tertiary/aromatic N) is 1. The summed E-state index contributed by atoms with van der Waals surface area (Å²) in [6.07, 6.45) is 5.22. The van der Waals surface area contributed by atoms with Gasteiger partial charge in [0.2, 0.25) is 0 Å². The van der Waals surface area contributed by atoms with Crippen LogP contribution in [0.4, 0.5) is 0 Å². The van der Waals surface area contributed by atoms with Gasteiger partial charge in [-0.15, -0.1) is 0 Å². The molecule has 19 heavy (non-hydrogen) atoms. The molecule has 102 valence electrons. The first-order valence-corrected chi connectivity index (χ1v) is 7.03. The minimum absolute atomic E-state index is 0.610. The molecule has 0 heterocycles. The van der Waals surface area contributed by atoms with Crippen LogP contribution in [0.3, 0.4) is 0 Å². The van der Waals surface area contributed by atoms with Gasteiger partial charge in [-0.3, -0.25) is 0 Å². The SMILES string of the molecule is COc1ccc(CNC2CCCC(C)C2)cc1C#N. The van der Waals surface area contributed by atoms with E-state index >= 15 is 0 Å². The lowest BCUT2D eigenvalue weighted by molar-refractivity contribution is 0.300. The molecule has 1 aromatic rings. The Balaban J connectivity index is 1.94. The third kappa shape index (κ3) is 3.71. The van der Waals surface area contributed by atoms with E-state index in [1.54, 1.807) is 7.11 Å². The van der Waals surface area contributed by atoms with E-state index in [-0.39, 0.29) is 0 Å². The van der Waals surface area contributed by atoms with Crippen LogP contribution in [-0.2, 0) is 6.54 Å². The van der Waals surface area contributed by atoms with Crippen LogP contribution in [0.2, 0.25) is 0 Å². The quantitative estimate of drug-likeness (QED) is 0.901. The van der Waals surface area contributed by atoms with Crippen molar-refractivity contribution >= 4 is 0 Å². The van der Waals surface area contributed by atoms with Crippen molar-refractivity contribution in [3.63, 3.8) is 0 Å². The fourth-order valence-corrected chi connectivity index (χ4v) is 2.83. The molecule has 1 aliphatic carbocycles. The summed E-state index contributed by atoms with van der Waals surface area (Å²) >= 11 is 0. The number of methoxy groups -OCH3 is 1. The lowest BCUT2D eigenvalue weighted by Gasteiger charge is -2.27. The third-order valence-corrected chi connectivity index (χ3v) is 3.92. The molecule has 2 atom stereocenters. The lowest BCUT2D eigenvalue weighted by atomic mass is 9.87. The lowest BCUT2D eigenvalue weighted by Crippen LogP contribution is -2.33. The monoisotopic (exact) mass is 258 g/mol. The molecule has 3 nitrogen and oxygen atoms in total. The van der Waals surface area contributed by atoms with Gasteiger partial charge in [0.15, 0.2) is 0 Å². The molecule has 3 heteroatoms. The number of hydrogen-bond donors (Lipinski definition) is 1. The molecule has 1 aliphatic rings. The van der Waals surface area contributed by atoms with Crippen molar-refractivity contribution in [2.75, 3.05) is 7.11 Å². The molecule has 1 N–H and O–H groups in total. The Hall–Kier alpha value is -1.53. The molecule has 1 saturated carbocycles. The Labute approximate surface area is 115 Å². The van der Waals surface area contributed by atoms with Crippen LogP contribution in [0.15, 0.2) is 18.2 Å². The maximum atomic E-state index is 9.08. The van der Waals surface area contributed by atoms with Gasteiger partial charge in [0.25, 0.3) is 0 Å².